The van der Waals surface area contributed by atoms with E-state index >= 15 is 0 Å². The highest BCUT2D eigenvalue weighted by Gasteiger charge is 2.28. The second-order valence-corrected chi connectivity index (χ2v) is 7.50. The lowest BCUT2D eigenvalue weighted by atomic mass is 10.1. The summed E-state index contributed by atoms with van der Waals surface area (Å²) in [6, 6.07) is 6.56. The molecule has 1 saturated heterocycles. The van der Waals surface area contributed by atoms with Crippen LogP contribution >= 0.6 is 0 Å². The minimum atomic E-state index is -0.249. The summed E-state index contributed by atoms with van der Waals surface area (Å²) >= 11 is 0. The smallest absolute Gasteiger partial charge is 0.237 e. The van der Waals surface area contributed by atoms with E-state index in [9.17, 15) is 14.0 Å². The highest BCUT2D eigenvalue weighted by atomic mass is 19.1. The van der Waals surface area contributed by atoms with Crippen molar-refractivity contribution in [3.05, 3.63) is 35.6 Å². The number of piperazine rings is 1. The number of hydrogen-bond acceptors (Lipinski definition) is 4. The van der Waals surface area contributed by atoms with Crippen molar-refractivity contribution in [1.29, 1.82) is 0 Å². The molecule has 1 heterocycles. The third-order valence-corrected chi connectivity index (χ3v) is 5.27. The lowest BCUT2D eigenvalue weighted by Crippen LogP contribution is -2.55. The summed E-state index contributed by atoms with van der Waals surface area (Å²) in [6.45, 7) is 6.06. The van der Waals surface area contributed by atoms with Gasteiger partial charge in [-0.1, -0.05) is 12.1 Å². The first-order valence-corrected chi connectivity index (χ1v) is 9.79. The minimum Gasteiger partial charge on any atom is -0.354 e. The molecule has 27 heavy (non-hydrogen) atoms. The maximum Gasteiger partial charge on any atom is 0.237 e. The number of nitrogens with one attached hydrogen (secondary N) is 2. The zero-order valence-electron chi connectivity index (χ0n) is 15.9. The Morgan fingerprint density at radius 1 is 1.15 bits per heavy atom. The largest absolute Gasteiger partial charge is 0.354 e. The van der Waals surface area contributed by atoms with Crippen molar-refractivity contribution in [2.75, 3.05) is 39.3 Å². The van der Waals surface area contributed by atoms with Gasteiger partial charge in [0.25, 0.3) is 0 Å². The van der Waals surface area contributed by atoms with Gasteiger partial charge in [0.05, 0.1) is 12.6 Å². The normalized spacial score (nSPS) is 19.5. The van der Waals surface area contributed by atoms with Gasteiger partial charge in [-0.2, -0.15) is 0 Å². The number of hydrogen-bond donors (Lipinski definition) is 2. The summed E-state index contributed by atoms with van der Waals surface area (Å²) < 4.78 is 12.9. The van der Waals surface area contributed by atoms with Crippen molar-refractivity contribution in [3.8, 4) is 0 Å². The van der Waals surface area contributed by atoms with Crippen LogP contribution in [0, 0.1) is 5.82 Å². The van der Waals surface area contributed by atoms with E-state index in [1.165, 1.54) is 12.1 Å². The van der Waals surface area contributed by atoms with Gasteiger partial charge in [0.15, 0.2) is 0 Å². The van der Waals surface area contributed by atoms with E-state index < -0.39 is 0 Å². The Balaban J connectivity index is 1.33. The molecule has 1 aromatic carbocycles. The van der Waals surface area contributed by atoms with Crippen molar-refractivity contribution in [1.82, 2.24) is 20.4 Å². The van der Waals surface area contributed by atoms with Gasteiger partial charge in [0.2, 0.25) is 11.8 Å². The van der Waals surface area contributed by atoms with Gasteiger partial charge < -0.3 is 10.6 Å². The monoisotopic (exact) mass is 376 g/mol. The van der Waals surface area contributed by atoms with Crippen LogP contribution in [-0.4, -0.2) is 73.0 Å². The Hall–Kier alpha value is -1.99. The fourth-order valence-corrected chi connectivity index (χ4v) is 3.31. The van der Waals surface area contributed by atoms with E-state index in [1.54, 1.807) is 12.1 Å². The van der Waals surface area contributed by atoms with E-state index in [2.05, 4.69) is 20.4 Å². The predicted molar refractivity (Wildman–Crippen MR) is 102 cm³/mol. The van der Waals surface area contributed by atoms with Gasteiger partial charge in [0.1, 0.15) is 5.82 Å². The number of rotatable bonds is 8. The van der Waals surface area contributed by atoms with E-state index in [1.807, 2.05) is 6.92 Å². The molecule has 1 unspecified atom stereocenters. The minimum absolute atomic E-state index is 0.0111. The summed E-state index contributed by atoms with van der Waals surface area (Å²) in [6.07, 6.45) is 2.89. The molecule has 1 saturated carbocycles. The molecule has 2 aliphatic rings. The summed E-state index contributed by atoms with van der Waals surface area (Å²) in [4.78, 5) is 28.6. The topological polar surface area (TPSA) is 64.7 Å². The number of halogens is 1. The van der Waals surface area contributed by atoms with Crippen LogP contribution in [0.1, 0.15) is 25.3 Å². The van der Waals surface area contributed by atoms with Crippen LogP contribution < -0.4 is 10.6 Å². The summed E-state index contributed by atoms with van der Waals surface area (Å²) in [5.74, 6) is -0.129. The van der Waals surface area contributed by atoms with Crippen LogP contribution in [0.15, 0.2) is 24.3 Å². The highest BCUT2D eigenvalue weighted by Crippen LogP contribution is 2.18. The lowest BCUT2D eigenvalue weighted by molar-refractivity contribution is -0.127. The SMILES string of the molecule is CC(C(=O)NCCc1ccc(F)cc1)N1CCN(CC(=O)NC2CC2)CC1. The zero-order chi connectivity index (χ0) is 19.2. The van der Waals surface area contributed by atoms with Gasteiger partial charge in [-0.3, -0.25) is 19.4 Å². The van der Waals surface area contributed by atoms with Crippen LogP contribution in [0.3, 0.4) is 0 Å². The maximum absolute atomic E-state index is 12.9. The van der Waals surface area contributed by atoms with Crippen molar-refractivity contribution in [2.24, 2.45) is 0 Å². The molecule has 1 aliphatic carbocycles. The van der Waals surface area contributed by atoms with E-state index in [-0.39, 0.29) is 23.7 Å². The van der Waals surface area contributed by atoms with Crippen molar-refractivity contribution >= 4 is 11.8 Å². The second kappa shape index (κ2) is 9.28. The highest BCUT2D eigenvalue weighted by molar-refractivity contribution is 5.81. The molecule has 7 heteroatoms. The van der Waals surface area contributed by atoms with E-state index in [0.717, 1.165) is 44.6 Å². The lowest BCUT2D eigenvalue weighted by Gasteiger charge is -2.37. The molecule has 2 amide bonds. The number of carbonyl (C=O) groups is 2. The zero-order valence-corrected chi connectivity index (χ0v) is 15.9. The van der Waals surface area contributed by atoms with Gasteiger partial charge >= 0.3 is 0 Å². The number of nitrogens with zero attached hydrogens (tertiary/aromatic N) is 2. The quantitative estimate of drug-likeness (QED) is 0.704. The molecule has 3 rings (SSSR count). The van der Waals surface area contributed by atoms with Gasteiger partial charge in [-0.25, -0.2) is 4.39 Å². The van der Waals surface area contributed by atoms with Crippen LogP contribution in [-0.2, 0) is 16.0 Å². The molecule has 148 valence electrons. The first kappa shape index (κ1) is 19.8. The molecule has 0 spiro atoms. The fourth-order valence-electron chi connectivity index (χ4n) is 3.31. The molecule has 2 fully saturated rings. The second-order valence-electron chi connectivity index (χ2n) is 7.50. The van der Waals surface area contributed by atoms with Crippen LogP contribution in [0.4, 0.5) is 4.39 Å². The third kappa shape index (κ3) is 6.29. The molecule has 0 aromatic heterocycles. The molecule has 1 aromatic rings. The Morgan fingerprint density at radius 2 is 1.81 bits per heavy atom. The number of benzene rings is 1. The Kier molecular flexibility index (Phi) is 6.79. The first-order chi connectivity index (χ1) is 13.0. The van der Waals surface area contributed by atoms with Crippen molar-refractivity contribution in [2.45, 2.75) is 38.3 Å². The molecule has 6 nitrogen and oxygen atoms in total. The average Bonchev–Trinajstić information content (AvgIpc) is 3.47. The van der Waals surface area contributed by atoms with Crippen LogP contribution in [0.5, 0.6) is 0 Å². The fraction of sp³-hybridized carbons (Fsp3) is 0.600. The Labute approximate surface area is 160 Å². The molecular weight excluding hydrogens is 347 g/mol. The molecule has 1 atom stereocenters. The van der Waals surface area contributed by atoms with Gasteiger partial charge in [0, 0.05) is 38.8 Å². The van der Waals surface area contributed by atoms with E-state index in [0.29, 0.717) is 25.6 Å². The van der Waals surface area contributed by atoms with Crippen LogP contribution in [0.25, 0.3) is 0 Å². The third-order valence-electron chi connectivity index (χ3n) is 5.27. The molecule has 2 N–H and O–H groups in total. The Bertz CT molecular complexity index is 640. The predicted octanol–water partition coefficient (Wildman–Crippen LogP) is 0.769. The molecule has 0 radical (unpaired) electrons. The van der Waals surface area contributed by atoms with Crippen LogP contribution in [0.2, 0.25) is 0 Å². The molecule has 1 aliphatic heterocycles. The number of amides is 2. The van der Waals surface area contributed by atoms with Gasteiger partial charge in [-0.05, 0) is 43.9 Å². The summed E-state index contributed by atoms with van der Waals surface area (Å²) in [7, 11) is 0. The summed E-state index contributed by atoms with van der Waals surface area (Å²) in [5.41, 5.74) is 1.00. The summed E-state index contributed by atoms with van der Waals surface area (Å²) in [5, 5.41) is 5.98. The average molecular weight is 376 g/mol. The molecular formula is C20H29FN4O2. The van der Waals surface area contributed by atoms with Crippen molar-refractivity contribution < 1.29 is 14.0 Å². The van der Waals surface area contributed by atoms with Crippen molar-refractivity contribution in [3.63, 3.8) is 0 Å². The Morgan fingerprint density at radius 3 is 2.44 bits per heavy atom. The number of carbonyl (C=O) groups excluding carboxylic acids is 2. The van der Waals surface area contributed by atoms with Gasteiger partial charge in [-0.15, -0.1) is 0 Å². The maximum atomic E-state index is 12.9. The molecule has 0 bridgehead atoms. The first-order valence-electron chi connectivity index (χ1n) is 9.79. The van der Waals surface area contributed by atoms with E-state index in [4.69, 9.17) is 0 Å². The standard InChI is InChI=1S/C20H29FN4O2/c1-15(20(27)22-9-8-16-2-4-17(21)5-3-16)25-12-10-24(11-13-25)14-19(26)23-18-6-7-18/h2-5,15,18H,6-14H2,1H3,(H,22,27)(H,23,26).